The minimum atomic E-state index is -0.386. The van der Waals surface area contributed by atoms with Crippen LogP contribution in [0.3, 0.4) is 0 Å². The van der Waals surface area contributed by atoms with Crippen LogP contribution in [-0.4, -0.2) is 31.2 Å². The Hall–Kier alpha value is -2.67. The molecule has 0 saturated heterocycles. The summed E-state index contributed by atoms with van der Waals surface area (Å²) in [4.78, 5) is 24.0. The summed E-state index contributed by atoms with van der Waals surface area (Å²) in [5.41, 5.74) is 3.94. The van der Waals surface area contributed by atoms with Crippen LogP contribution in [0.4, 0.5) is 0 Å². The maximum Gasteiger partial charge on any atom is 0.261 e. The van der Waals surface area contributed by atoms with E-state index in [9.17, 15) is 9.59 Å². The van der Waals surface area contributed by atoms with Gasteiger partial charge in [-0.25, -0.2) is 5.43 Å². The summed E-state index contributed by atoms with van der Waals surface area (Å²) in [6, 6.07) is 10.8. The van der Waals surface area contributed by atoms with Crippen LogP contribution in [0.5, 0.6) is 5.75 Å². The number of amides is 2. The first-order valence-electron chi connectivity index (χ1n) is 6.89. The van der Waals surface area contributed by atoms with Crippen LogP contribution < -0.4 is 15.5 Å². The predicted octanol–water partition coefficient (Wildman–Crippen LogP) is 2.03. The Bertz CT molecular complexity index is 694. The van der Waals surface area contributed by atoms with E-state index in [0.717, 1.165) is 11.3 Å². The maximum atomic E-state index is 11.7. The Morgan fingerprint density at radius 3 is 2.57 bits per heavy atom. The van der Waals surface area contributed by atoms with Gasteiger partial charge in [0.1, 0.15) is 5.75 Å². The zero-order valence-electron chi connectivity index (χ0n) is 12.8. The predicted molar refractivity (Wildman–Crippen MR) is 90.0 cm³/mol. The van der Waals surface area contributed by atoms with Crippen LogP contribution in [-0.2, 0) is 4.79 Å². The van der Waals surface area contributed by atoms with Gasteiger partial charge in [0.05, 0.1) is 24.2 Å². The van der Waals surface area contributed by atoms with Gasteiger partial charge in [-0.2, -0.15) is 5.10 Å². The number of benzene rings is 1. The van der Waals surface area contributed by atoms with E-state index in [1.807, 2.05) is 24.3 Å². The summed E-state index contributed by atoms with van der Waals surface area (Å²) in [6.07, 6.45) is 0. The smallest absolute Gasteiger partial charge is 0.261 e. The number of ether oxygens (including phenoxy) is 1. The second-order valence-corrected chi connectivity index (χ2v) is 5.57. The number of rotatable bonds is 6. The van der Waals surface area contributed by atoms with Gasteiger partial charge in [0.15, 0.2) is 0 Å². The summed E-state index contributed by atoms with van der Waals surface area (Å²) >= 11 is 1.32. The Kier molecular flexibility index (Phi) is 5.87. The van der Waals surface area contributed by atoms with E-state index < -0.39 is 0 Å². The number of hydrogen-bond donors (Lipinski definition) is 2. The number of carbonyl (C=O) groups excluding carboxylic acids is 2. The average Bonchev–Trinajstić information content (AvgIpc) is 3.12. The van der Waals surface area contributed by atoms with Crippen molar-refractivity contribution >= 4 is 28.9 Å². The van der Waals surface area contributed by atoms with Gasteiger partial charge >= 0.3 is 0 Å². The molecule has 2 rings (SSSR count). The highest BCUT2D eigenvalue weighted by atomic mass is 32.1. The van der Waals surface area contributed by atoms with Crippen LogP contribution in [0.15, 0.2) is 46.9 Å². The van der Waals surface area contributed by atoms with Crippen molar-refractivity contribution in [2.24, 2.45) is 5.10 Å². The number of methoxy groups -OCH3 is 1. The normalized spacial score (nSPS) is 11.0. The van der Waals surface area contributed by atoms with Crippen LogP contribution in [0.2, 0.25) is 0 Å². The van der Waals surface area contributed by atoms with Gasteiger partial charge in [-0.15, -0.1) is 11.3 Å². The van der Waals surface area contributed by atoms with Gasteiger partial charge in [0.25, 0.3) is 11.8 Å². The third-order valence-corrected chi connectivity index (χ3v) is 3.88. The Morgan fingerprint density at radius 2 is 1.96 bits per heavy atom. The molecule has 1 heterocycles. The molecule has 2 N–H and O–H groups in total. The Labute approximate surface area is 138 Å². The summed E-state index contributed by atoms with van der Waals surface area (Å²) in [6.45, 7) is 1.66. The molecule has 0 atom stereocenters. The fourth-order valence-corrected chi connectivity index (χ4v) is 2.38. The highest BCUT2D eigenvalue weighted by Gasteiger charge is 2.08. The molecule has 0 aliphatic heterocycles. The van der Waals surface area contributed by atoms with Crippen LogP contribution in [0.25, 0.3) is 0 Å². The van der Waals surface area contributed by atoms with Crippen molar-refractivity contribution in [2.75, 3.05) is 13.7 Å². The van der Waals surface area contributed by atoms with E-state index in [4.69, 9.17) is 4.74 Å². The van der Waals surface area contributed by atoms with Crippen LogP contribution in [0, 0.1) is 0 Å². The Balaban J connectivity index is 1.83. The van der Waals surface area contributed by atoms with E-state index in [0.29, 0.717) is 10.6 Å². The molecule has 6 nitrogen and oxygen atoms in total. The van der Waals surface area contributed by atoms with Crippen molar-refractivity contribution in [3.63, 3.8) is 0 Å². The number of nitrogens with zero attached hydrogens (tertiary/aromatic N) is 1. The zero-order chi connectivity index (χ0) is 16.7. The number of hydrazone groups is 1. The maximum absolute atomic E-state index is 11.7. The first kappa shape index (κ1) is 16.7. The first-order valence-corrected chi connectivity index (χ1v) is 7.77. The first-order chi connectivity index (χ1) is 11.1. The van der Waals surface area contributed by atoms with E-state index in [-0.39, 0.29) is 18.4 Å². The molecule has 0 spiro atoms. The molecule has 2 amide bonds. The summed E-state index contributed by atoms with van der Waals surface area (Å²) in [5, 5.41) is 8.36. The van der Waals surface area contributed by atoms with Crippen molar-refractivity contribution in [3.8, 4) is 5.75 Å². The van der Waals surface area contributed by atoms with Gasteiger partial charge < -0.3 is 10.1 Å². The fraction of sp³-hybridized carbons (Fsp3) is 0.188. The van der Waals surface area contributed by atoms with E-state index in [1.165, 1.54) is 11.3 Å². The molecule has 7 heteroatoms. The molecule has 0 bridgehead atoms. The number of carbonyl (C=O) groups is 2. The minimum absolute atomic E-state index is 0.129. The van der Waals surface area contributed by atoms with E-state index >= 15 is 0 Å². The Morgan fingerprint density at radius 1 is 1.22 bits per heavy atom. The highest BCUT2D eigenvalue weighted by molar-refractivity contribution is 7.12. The molecule has 0 radical (unpaired) electrons. The quantitative estimate of drug-likeness (QED) is 0.628. The lowest BCUT2D eigenvalue weighted by atomic mass is 10.1. The van der Waals surface area contributed by atoms with Crippen LogP contribution >= 0.6 is 11.3 Å². The van der Waals surface area contributed by atoms with Crippen LogP contribution in [0.1, 0.15) is 22.2 Å². The van der Waals surface area contributed by atoms with Gasteiger partial charge in [0, 0.05) is 0 Å². The SMILES string of the molecule is COc1ccc(C(C)=NNC(=O)CNC(=O)c2cccs2)cc1. The number of thiophene rings is 1. The zero-order valence-corrected chi connectivity index (χ0v) is 13.6. The van der Waals surface area contributed by atoms with Gasteiger partial charge in [0.2, 0.25) is 0 Å². The lowest BCUT2D eigenvalue weighted by Crippen LogP contribution is -2.34. The third-order valence-electron chi connectivity index (χ3n) is 3.01. The molecule has 2 aromatic rings. The van der Waals surface area contributed by atoms with Gasteiger partial charge in [-0.1, -0.05) is 6.07 Å². The molecule has 0 unspecified atom stereocenters. The van der Waals surface area contributed by atoms with Crippen molar-refractivity contribution < 1.29 is 14.3 Å². The lowest BCUT2D eigenvalue weighted by Gasteiger charge is -2.05. The fourth-order valence-electron chi connectivity index (χ4n) is 1.74. The number of hydrogen-bond acceptors (Lipinski definition) is 5. The third kappa shape index (κ3) is 4.93. The van der Waals surface area contributed by atoms with Crippen molar-refractivity contribution in [2.45, 2.75) is 6.92 Å². The average molecular weight is 331 g/mol. The molecular formula is C16H17N3O3S. The minimum Gasteiger partial charge on any atom is -0.497 e. The van der Waals surface area contributed by atoms with E-state index in [1.54, 1.807) is 31.5 Å². The highest BCUT2D eigenvalue weighted by Crippen LogP contribution is 2.11. The van der Waals surface area contributed by atoms with Gasteiger partial charge in [-0.05, 0) is 48.2 Å². The van der Waals surface area contributed by atoms with Crippen molar-refractivity contribution in [1.29, 1.82) is 0 Å². The lowest BCUT2D eigenvalue weighted by molar-refractivity contribution is -0.120. The molecule has 120 valence electrons. The van der Waals surface area contributed by atoms with Gasteiger partial charge in [-0.3, -0.25) is 9.59 Å². The largest absolute Gasteiger partial charge is 0.497 e. The summed E-state index contributed by atoms with van der Waals surface area (Å²) < 4.78 is 5.08. The molecule has 0 fully saturated rings. The molecule has 0 aliphatic rings. The number of nitrogens with one attached hydrogen (secondary N) is 2. The second-order valence-electron chi connectivity index (χ2n) is 4.62. The molecule has 23 heavy (non-hydrogen) atoms. The molecule has 0 aliphatic carbocycles. The van der Waals surface area contributed by atoms with E-state index in [2.05, 4.69) is 15.8 Å². The molecule has 1 aromatic heterocycles. The molecular weight excluding hydrogens is 314 g/mol. The molecule has 1 aromatic carbocycles. The monoisotopic (exact) mass is 331 g/mol. The summed E-state index contributed by atoms with van der Waals surface area (Å²) in [7, 11) is 1.60. The standard InChI is InChI=1S/C16H17N3O3S/c1-11(12-5-7-13(22-2)8-6-12)18-19-15(20)10-17-16(21)14-4-3-9-23-14/h3-9H,10H2,1-2H3,(H,17,21)(H,19,20). The van der Waals surface area contributed by atoms with Crippen molar-refractivity contribution in [1.82, 2.24) is 10.7 Å². The topological polar surface area (TPSA) is 79.8 Å². The second kappa shape index (κ2) is 8.09. The van der Waals surface area contributed by atoms with Crippen molar-refractivity contribution in [3.05, 3.63) is 52.2 Å². The summed E-state index contributed by atoms with van der Waals surface area (Å²) in [5.74, 6) is 0.0932. The molecule has 0 saturated carbocycles.